The maximum absolute atomic E-state index is 8.65. The van der Waals surface area contributed by atoms with E-state index in [0.29, 0.717) is 18.4 Å². The van der Waals surface area contributed by atoms with Crippen molar-refractivity contribution in [2.75, 3.05) is 26.4 Å². The maximum Gasteiger partial charge on any atom is 0.0497 e. The van der Waals surface area contributed by atoms with E-state index in [1.165, 1.54) is 32.1 Å². The van der Waals surface area contributed by atoms with Crippen molar-refractivity contribution in [1.29, 1.82) is 0 Å². The molecule has 0 bridgehead atoms. The highest BCUT2D eigenvalue weighted by molar-refractivity contribution is 4.75. The van der Waals surface area contributed by atoms with E-state index < -0.39 is 0 Å². The summed E-state index contributed by atoms with van der Waals surface area (Å²) in [7, 11) is 0. The molecule has 17 heavy (non-hydrogen) atoms. The molecule has 0 spiro atoms. The Morgan fingerprint density at radius 3 is 2.41 bits per heavy atom. The van der Waals surface area contributed by atoms with Crippen LogP contribution >= 0.6 is 0 Å². The summed E-state index contributed by atoms with van der Waals surface area (Å²) in [6.45, 7) is 2.92. The van der Waals surface area contributed by atoms with E-state index in [2.05, 4.69) is 0 Å². The first-order valence-electron chi connectivity index (χ1n) is 7.27. The van der Waals surface area contributed by atoms with Gasteiger partial charge in [-0.15, -0.1) is 0 Å². The van der Waals surface area contributed by atoms with Crippen molar-refractivity contribution in [2.45, 2.75) is 51.4 Å². The zero-order valence-electron chi connectivity index (χ0n) is 11.1. The molecule has 1 saturated carbocycles. The topological polar surface area (TPSA) is 55.5 Å². The smallest absolute Gasteiger partial charge is 0.0497 e. The molecule has 3 nitrogen and oxygen atoms in total. The second-order valence-corrected chi connectivity index (χ2v) is 5.25. The molecule has 3 heteroatoms. The highest BCUT2D eigenvalue weighted by Crippen LogP contribution is 2.29. The van der Waals surface area contributed by atoms with Crippen molar-refractivity contribution in [2.24, 2.45) is 17.6 Å². The Morgan fingerprint density at radius 1 is 1.00 bits per heavy atom. The van der Waals surface area contributed by atoms with E-state index in [1.807, 2.05) is 0 Å². The largest absolute Gasteiger partial charge is 0.396 e. The van der Waals surface area contributed by atoms with Crippen LogP contribution in [0, 0.1) is 11.8 Å². The predicted octanol–water partition coefficient (Wildman–Crippen LogP) is 2.32. The fraction of sp³-hybridized carbons (Fsp3) is 1.00. The number of nitrogens with two attached hydrogens (primary N) is 1. The normalized spacial score (nSPS) is 25.1. The van der Waals surface area contributed by atoms with E-state index in [0.717, 1.165) is 39.0 Å². The van der Waals surface area contributed by atoms with Crippen LogP contribution in [0.25, 0.3) is 0 Å². The molecular formula is C14H29NO2. The molecule has 0 heterocycles. The Kier molecular flexibility index (Phi) is 8.67. The van der Waals surface area contributed by atoms with Crippen LogP contribution in [0.4, 0.5) is 0 Å². The summed E-state index contributed by atoms with van der Waals surface area (Å²) in [6, 6.07) is 0. The number of hydrogen-bond donors (Lipinski definition) is 2. The first-order valence-corrected chi connectivity index (χ1v) is 7.27. The van der Waals surface area contributed by atoms with Gasteiger partial charge in [0.2, 0.25) is 0 Å². The van der Waals surface area contributed by atoms with E-state index in [9.17, 15) is 0 Å². The third-order valence-electron chi connectivity index (χ3n) is 3.90. The highest BCUT2D eigenvalue weighted by Gasteiger charge is 2.23. The first kappa shape index (κ1) is 14.9. The van der Waals surface area contributed by atoms with Crippen molar-refractivity contribution < 1.29 is 9.84 Å². The first-order chi connectivity index (χ1) is 8.38. The van der Waals surface area contributed by atoms with Crippen LogP contribution in [0.1, 0.15) is 51.4 Å². The van der Waals surface area contributed by atoms with Crippen LogP contribution < -0.4 is 5.73 Å². The fourth-order valence-corrected chi connectivity index (χ4v) is 2.72. The van der Waals surface area contributed by atoms with Crippen LogP contribution in [0.15, 0.2) is 0 Å². The molecule has 0 amide bonds. The van der Waals surface area contributed by atoms with Gasteiger partial charge in [-0.3, -0.25) is 0 Å². The Bertz CT molecular complexity index is 176. The molecule has 2 atom stereocenters. The third kappa shape index (κ3) is 6.39. The molecule has 0 aliphatic heterocycles. The molecule has 2 unspecified atom stereocenters. The van der Waals surface area contributed by atoms with Gasteiger partial charge in [0.1, 0.15) is 0 Å². The maximum atomic E-state index is 8.65. The number of ether oxygens (including phenoxy) is 1. The summed E-state index contributed by atoms with van der Waals surface area (Å²) in [5.74, 6) is 1.39. The zero-order chi connectivity index (χ0) is 12.3. The van der Waals surface area contributed by atoms with Crippen molar-refractivity contribution in [3.63, 3.8) is 0 Å². The van der Waals surface area contributed by atoms with Crippen molar-refractivity contribution in [1.82, 2.24) is 0 Å². The fourth-order valence-electron chi connectivity index (χ4n) is 2.72. The lowest BCUT2D eigenvalue weighted by Gasteiger charge is -2.30. The molecule has 0 aromatic heterocycles. The zero-order valence-corrected chi connectivity index (χ0v) is 11.1. The average molecular weight is 243 g/mol. The molecule has 102 valence electrons. The summed E-state index contributed by atoms with van der Waals surface area (Å²) in [6.07, 6.45) is 9.63. The molecule has 1 rings (SSSR count). The Balaban J connectivity index is 1.97. The molecule has 3 N–H and O–H groups in total. The van der Waals surface area contributed by atoms with Crippen molar-refractivity contribution >= 4 is 0 Å². The highest BCUT2D eigenvalue weighted by atomic mass is 16.5. The second kappa shape index (κ2) is 9.86. The van der Waals surface area contributed by atoms with Gasteiger partial charge in [0.15, 0.2) is 0 Å². The Hall–Kier alpha value is -0.120. The minimum absolute atomic E-state index is 0.321. The van der Waals surface area contributed by atoms with Gasteiger partial charge in [-0.2, -0.15) is 0 Å². The van der Waals surface area contributed by atoms with Gasteiger partial charge in [0.05, 0.1) is 0 Å². The van der Waals surface area contributed by atoms with Crippen LogP contribution in [-0.2, 0) is 4.74 Å². The molecule has 1 aliphatic rings. The number of aliphatic hydroxyl groups excluding tert-OH is 1. The van der Waals surface area contributed by atoms with E-state index in [4.69, 9.17) is 15.6 Å². The lowest BCUT2D eigenvalue weighted by molar-refractivity contribution is 0.0587. The molecular weight excluding hydrogens is 214 g/mol. The molecule has 1 aliphatic carbocycles. The SMILES string of the molecule is NCC1CCCCC1COCCCCCCO. The average Bonchev–Trinajstić information content (AvgIpc) is 2.38. The van der Waals surface area contributed by atoms with Gasteiger partial charge in [-0.05, 0) is 44.1 Å². The van der Waals surface area contributed by atoms with Gasteiger partial charge in [-0.1, -0.05) is 25.7 Å². The van der Waals surface area contributed by atoms with Crippen LogP contribution in [0.3, 0.4) is 0 Å². The molecule has 0 aromatic carbocycles. The summed E-state index contributed by atoms with van der Waals surface area (Å²) >= 11 is 0. The summed E-state index contributed by atoms with van der Waals surface area (Å²) < 4.78 is 5.77. The standard InChI is InChI=1S/C14H29NO2/c15-11-13-7-3-4-8-14(13)12-17-10-6-2-1-5-9-16/h13-14,16H,1-12,15H2. The molecule has 0 radical (unpaired) electrons. The number of rotatable bonds is 9. The van der Waals surface area contributed by atoms with Gasteiger partial charge in [0.25, 0.3) is 0 Å². The van der Waals surface area contributed by atoms with E-state index >= 15 is 0 Å². The van der Waals surface area contributed by atoms with Gasteiger partial charge in [-0.25, -0.2) is 0 Å². The lowest BCUT2D eigenvalue weighted by Crippen LogP contribution is -2.30. The van der Waals surface area contributed by atoms with Crippen molar-refractivity contribution in [3.05, 3.63) is 0 Å². The monoisotopic (exact) mass is 243 g/mol. The van der Waals surface area contributed by atoms with Crippen molar-refractivity contribution in [3.8, 4) is 0 Å². The quantitative estimate of drug-likeness (QED) is 0.611. The number of unbranched alkanes of at least 4 members (excludes halogenated alkanes) is 3. The van der Waals surface area contributed by atoms with Crippen LogP contribution in [-0.4, -0.2) is 31.5 Å². The Labute approximate surface area is 106 Å². The number of aliphatic hydroxyl groups is 1. The number of hydrogen-bond acceptors (Lipinski definition) is 3. The van der Waals surface area contributed by atoms with Gasteiger partial charge >= 0.3 is 0 Å². The summed E-state index contributed by atoms with van der Waals surface area (Å²) in [5.41, 5.74) is 5.80. The van der Waals surface area contributed by atoms with Crippen LogP contribution in [0.2, 0.25) is 0 Å². The molecule has 0 saturated heterocycles. The predicted molar refractivity (Wildman–Crippen MR) is 70.9 cm³/mol. The van der Waals surface area contributed by atoms with Gasteiger partial charge in [0, 0.05) is 19.8 Å². The second-order valence-electron chi connectivity index (χ2n) is 5.25. The third-order valence-corrected chi connectivity index (χ3v) is 3.90. The summed E-state index contributed by atoms with van der Waals surface area (Å²) in [4.78, 5) is 0. The lowest BCUT2D eigenvalue weighted by atomic mass is 9.80. The van der Waals surface area contributed by atoms with E-state index in [1.54, 1.807) is 0 Å². The van der Waals surface area contributed by atoms with Gasteiger partial charge < -0.3 is 15.6 Å². The molecule has 1 fully saturated rings. The summed E-state index contributed by atoms with van der Waals surface area (Å²) in [5, 5.41) is 8.65. The minimum Gasteiger partial charge on any atom is -0.396 e. The Morgan fingerprint density at radius 2 is 1.71 bits per heavy atom. The molecule has 0 aromatic rings. The minimum atomic E-state index is 0.321. The van der Waals surface area contributed by atoms with E-state index in [-0.39, 0.29) is 0 Å². The van der Waals surface area contributed by atoms with Crippen LogP contribution in [0.5, 0.6) is 0 Å².